The zero-order chi connectivity index (χ0) is 12.3. The molecule has 0 bridgehead atoms. The van der Waals surface area contributed by atoms with Gasteiger partial charge in [-0.25, -0.2) is 0 Å². The van der Waals surface area contributed by atoms with Crippen LogP contribution in [-0.4, -0.2) is 11.9 Å². The van der Waals surface area contributed by atoms with Gasteiger partial charge in [0.25, 0.3) is 5.91 Å². The molecule has 0 spiro atoms. The summed E-state index contributed by atoms with van der Waals surface area (Å²) in [5.41, 5.74) is 8.10. The predicted molar refractivity (Wildman–Crippen MR) is 69.9 cm³/mol. The van der Waals surface area contributed by atoms with E-state index in [1.54, 1.807) is 6.07 Å². The van der Waals surface area contributed by atoms with Gasteiger partial charge in [-0.3, -0.25) is 4.79 Å². The number of anilines is 1. The third-order valence-electron chi connectivity index (χ3n) is 3.30. The molecular formula is C14H20N2O. The van der Waals surface area contributed by atoms with Gasteiger partial charge in [-0.1, -0.05) is 19.3 Å². The topological polar surface area (TPSA) is 55.1 Å². The fourth-order valence-corrected chi connectivity index (χ4v) is 2.46. The summed E-state index contributed by atoms with van der Waals surface area (Å²) in [6, 6.07) is 5.84. The van der Waals surface area contributed by atoms with Crippen LogP contribution in [0, 0.1) is 6.92 Å². The molecule has 1 aromatic rings. The number of aryl methyl sites for hydroxylation is 1. The van der Waals surface area contributed by atoms with E-state index in [2.05, 4.69) is 5.32 Å². The number of nitrogen functional groups attached to an aromatic ring is 1. The Kier molecular flexibility index (Phi) is 3.67. The summed E-state index contributed by atoms with van der Waals surface area (Å²) in [5.74, 6) is 0.00676. The number of hydrogen-bond donors (Lipinski definition) is 2. The Labute approximate surface area is 102 Å². The molecule has 0 saturated heterocycles. The van der Waals surface area contributed by atoms with Crippen LogP contribution in [0.4, 0.5) is 5.69 Å². The van der Waals surface area contributed by atoms with Crippen molar-refractivity contribution in [2.24, 2.45) is 0 Å². The normalized spacial score (nSPS) is 16.8. The second kappa shape index (κ2) is 5.21. The fraction of sp³-hybridized carbons (Fsp3) is 0.500. The minimum absolute atomic E-state index is 0.00676. The van der Waals surface area contributed by atoms with Crippen molar-refractivity contribution in [2.45, 2.75) is 45.1 Å². The molecule has 1 amide bonds. The van der Waals surface area contributed by atoms with E-state index in [1.807, 2.05) is 19.1 Å². The summed E-state index contributed by atoms with van der Waals surface area (Å²) in [6.45, 7) is 1.95. The zero-order valence-electron chi connectivity index (χ0n) is 10.3. The SMILES string of the molecule is Cc1cc(N)cc(C(=O)NC2CCCCC2)c1. The quantitative estimate of drug-likeness (QED) is 0.770. The molecule has 3 nitrogen and oxygen atoms in total. The van der Waals surface area contributed by atoms with Crippen LogP contribution < -0.4 is 11.1 Å². The van der Waals surface area contributed by atoms with Gasteiger partial charge in [0.05, 0.1) is 0 Å². The number of nitrogens with two attached hydrogens (primary N) is 1. The summed E-state index contributed by atoms with van der Waals surface area (Å²) in [5, 5.41) is 3.10. The van der Waals surface area contributed by atoms with E-state index in [9.17, 15) is 4.79 Å². The van der Waals surface area contributed by atoms with E-state index in [-0.39, 0.29) is 5.91 Å². The molecule has 17 heavy (non-hydrogen) atoms. The van der Waals surface area contributed by atoms with Gasteiger partial charge in [-0.15, -0.1) is 0 Å². The molecule has 0 aliphatic heterocycles. The third kappa shape index (κ3) is 3.22. The van der Waals surface area contributed by atoms with E-state index in [0.717, 1.165) is 18.4 Å². The van der Waals surface area contributed by atoms with E-state index >= 15 is 0 Å². The highest BCUT2D eigenvalue weighted by atomic mass is 16.1. The number of carbonyl (C=O) groups excluding carboxylic acids is 1. The Morgan fingerprint density at radius 1 is 1.24 bits per heavy atom. The Morgan fingerprint density at radius 2 is 1.94 bits per heavy atom. The molecule has 3 N–H and O–H groups in total. The van der Waals surface area contributed by atoms with Crippen molar-refractivity contribution in [1.82, 2.24) is 5.32 Å². The van der Waals surface area contributed by atoms with Crippen LogP contribution in [0.5, 0.6) is 0 Å². The van der Waals surface area contributed by atoms with Gasteiger partial charge >= 0.3 is 0 Å². The molecule has 0 heterocycles. The van der Waals surface area contributed by atoms with Crippen LogP contribution in [0.1, 0.15) is 48.0 Å². The maximum atomic E-state index is 12.1. The molecule has 1 aliphatic carbocycles. The van der Waals surface area contributed by atoms with Crippen molar-refractivity contribution in [2.75, 3.05) is 5.73 Å². The number of amides is 1. The lowest BCUT2D eigenvalue weighted by molar-refractivity contribution is 0.0927. The van der Waals surface area contributed by atoms with Crippen molar-refractivity contribution < 1.29 is 4.79 Å². The van der Waals surface area contributed by atoms with Gasteiger partial charge in [-0.05, 0) is 43.5 Å². The lowest BCUT2D eigenvalue weighted by Crippen LogP contribution is -2.36. The maximum Gasteiger partial charge on any atom is 0.251 e. The molecule has 0 atom stereocenters. The van der Waals surface area contributed by atoms with Crippen LogP contribution >= 0.6 is 0 Å². The predicted octanol–water partition coefficient (Wildman–Crippen LogP) is 2.64. The van der Waals surface area contributed by atoms with Crippen LogP contribution in [0.2, 0.25) is 0 Å². The largest absolute Gasteiger partial charge is 0.399 e. The van der Waals surface area contributed by atoms with Gasteiger partial charge in [0, 0.05) is 17.3 Å². The molecule has 3 heteroatoms. The fourth-order valence-electron chi connectivity index (χ4n) is 2.46. The van der Waals surface area contributed by atoms with Gasteiger partial charge in [-0.2, -0.15) is 0 Å². The Balaban J connectivity index is 2.03. The number of hydrogen-bond acceptors (Lipinski definition) is 2. The first-order valence-corrected chi connectivity index (χ1v) is 6.33. The highest BCUT2D eigenvalue weighted by Crippen LogP contribution is 2.18. The molecule has 1 aromatic carbocycles. The highest BCUT2D eigenvalue weighted by molar-refractivity contribution is 5.95. The molecule has 0 unspecified atom stereocenters. The minimum atomic E-state index is 0.00676. The van der Waals surface area contributed by atoms with E-state index in [4.69, 9.17) is 5.73 Å². The molecule has 0 aromatic heterocycles. The first-order valence-electron chi connectivity index (χ1n) is 6.33. The second-order valence-corrected chi connectivity index (χ2v) is 4.94. The molecule has 1 saturated carbocycles. The van der Waals surface area contributed by atoms with Crippen LogP contribution in [0.25, 0.3) is 0 Å². The van der Waals surface area contributed by atoms with E-state index < -0.39 is 0 Å². The molecule has 0 radical (unpaired) electrons. The summed E-state index contributed by atoms with van der Waals surface area (Å²) in [7, 11) is 0. The van der Waals surface area contributed by atoms with Crippen molar-refractivity contribution >= 4 is 11.6 Å². The van der Waals surface area contributed by atoms with E-state index in [0.29, 0.717) is 17.3 Å². The van der Waals surface area contributed by atoms with Crippen molar-refractivity contribution in [3.63, 3.8) is 0 Å². The maximum absolute atomic E-state index is 12.1. The number of rotatable bonds is 2. The summed E-state index contributed by atoms with van der Waals surface area (Å²) >= 11 is 0. The standard InChI is InChI=1S/C14H20N2O/c1-10-7-11(9-12(15)8-10)14(17)16-13-5-3-2-4-6-13/h7-9,13H,2-6,15H2,1H3,(H,16,17). The monoisotopic (exact) mass is 232 g/mol. The summed E-state index contributed by atoms with van der Waals surface area (Å²) in [4.78, 5) is 12.1. The van der Waals surface area contributed by atoms with Gasteiger partial charge in [0.1, 0.15) is 0 Å². The van der Waals surface area contributed by atoms with Gasteiger partial charge < -0.3 is 11.1 Å². The number of benzene rings is 1. The second-order valence-electron chi connectivity index (χ2n) is 4.94. The highest BCUT2D eigenvalue weighted by Gasteiger charge is 2.16. The molecule has 1 aliphatic rings. The zero-order valence-corrected chi connectivity index (χ0v) is 10.3. The Morgan fingerprint density at radius 3 is 2.59 bits per heavy atom. The van der Waals surface area contributed by atoms with E-state index in [1.165, 1.54) is 19.3 Å². The molecular weight excluding hydrogens is 212 g/mol. The van der Waals surface area contributed by atoms with Gasteiger partial charge in [0.2, 0.25) is 0 Å². The van der Waals surface area contributed by atoms with Crippen LogP contribution in [0.3, 0.4) is 0 Å². The minimum Gasteiger partial charge on any atom is -0.399 e. The molecule has 92 valence electrons. The molecule has 1 fully saturated rings. The van der Waals surface area contributed by atoms with Crippen molar-refractivity contribution in [3.05, 3.63) is 29.3 Å². The summed E-state index contributed by atoms with van der Waals surface area (Å²) < 4.78 is 0. The summed E-state index contributed by atoms with van der Waals surface area (Å²) in [6.07, 6.45) is 5.95. The smallest absolute Gasteiger partial charge is 0.251 e. The average Bonchev–Trinajstić information content (AvgIpc) is 2.29. The first kappa shape index (κ1) is 12.0. The van der Waals surface area contributed by atoms with Crippen LogP contribution in [0.15, 0.2) is 18.2 Å². The van der Waals surface area contributed by atoms with Crippen LogP contribution in [-0.2, 0) is 0 Å². The van der Waals surface area contributed by atoms with Crippen molar-refractivity contribution in [3.8, 4) is 0 Å². The lowest BCUT2D eigenvalue weighted by atomic mass is 9.95. The Bertz CT molecular complexity index is 388. The number of nitrogens with one attached hydrogen (secondary N) is 1. The molecule has 2 rings (SSSR count). The number of carbonyl (C=O) groups is 1. The van der Waals surface area contributed by atoms with Gasteiger partial charge in [0.15, 0.2) is 0 Å². The van der Waals surface area contributed by atoms with Crippen molar-refractivity contribution in [1.29, 1.82) is 0 Å². The average molecular weight is 232 g/mol. The lowest BCUT2D eigenvalue weighted by Gasteiger charge is -2.22. The first-order chi connectivity index (χ1) is 8.15. The third-order valence-corrected chi connectivity index (χ3v) is 3.30. The Hall–Kier alpha value is -1.51.